The van der Waals surface area contributed by atoms with E-state index in [1.54, 1.807) is 13.3 Å². The Labute approximate surface area is 134 Å². The second kappa shape index (κ2) is 7.34. The first kappa shape index (κ1) is 14.9. The molecule has 2 heterocycles. The molecule has 3 aromatic rings. The molecule has 0 saturated carbocycles. The monoisotopic (exact) mass is 305 g/mol. The SMILES string of the molecule is COCCc1nc(-c2ccc(C#Cc3ccccn3)cc2)no1. The van der Waals surface area contributed by atoms with Crippen molar-refractivity contribution >= 4 is 0 Å². The lowest BCUT2D eigenvalue weighted by atomic mass is 10.1. The maximum Gasteiger partial charge on any atom is 0.229 e. The molecule has 0 unspecified atom stereocenters. The molecule has 0 bridgehead atoms. The van der Waals surface area contributed by atoms with Gasteiger partial charge in [0.05, 0.1) is 13.0 Å². The van der Waals surface area contributed by atoms with Gasteiger partial charge in [-0.2, -0.15) is 4.98 Å². The van der Waals surface area contributed by atoms with Crippen LogP contribution in [0.2, 0.25) is 0 Å². The van der Waals surface area contributed by atoms with Gasteiger partial charge in [-0.15, -0.1) is 0 Å². The predicted octanol–water partition coefficient (Wildman–Crippen LogP) is 2.72. The van der Waals surface area contributed by atoms with Gasteiger partial charge in [-0.3, -0.25) is 0 Å². The first-order valence-electron chi connectivity index (χ1n) is 7.20. The van der Waals surface area contributed by atoms with Crippen LogP contribution >= 0.6 is 0 Å². The van der Waals surface area contributed by atoms with Crippen molar-refractivity contribution in [3.05, 3.63) is 65.8 Å². The Balaban J connectivity index is 1.72. The first-order chi connectivity index (χ1) is 11.3. The molecule has 0 aliphatic rings. The maximum atomic E-state index is 5.18. The average Bonchev–Trinajstić information content (AvgIpc) is 3.08. The molecule has 3 rings (SSSR count). The smallest absolute Gasteiger partial charge is 0.229 e. The molecule has 5 heteroatoms. The highest BCUT2D eigenvalue weighted by molar-refractivity contribution is 5.56. The number of hydrogen-bond acceptors (Lipinski definition) is 5. The molecule has 2 aromatic heterocycles. The zero-order valence-electron chi connectivity index (χ0n) is 12.7. The molecule has 0 amide bonds. The van der Waals surface area contributed by atoms with Gasteiger partial charge in [0.25, 0.3) is 0 Å². The van der Waals surface area contributed by atoms with Crippen LogP contribution in [0.4, 0.5) is 0 Å². The highest BCUT2D eigenvalue weighted by atomic mass is 16.5. The molecule has 0 saturated heterocycles. The van der Waals surface area contributed by atoms with Crippen molar-refractivity contribution in [1.82, 2.24) is 15.1 Å². The van der Waals surface area contributed by atoms with Gasteiger partial charge in [-0.05, 0) is 42.3 Å². The largest absolute Gasteiger partial charge is 0.384 e. The fraction of sp³-hybridized carbons (Fsp3) is 0.167. The van der Waals surface area contributed by atoms with Crippen LogP contribution < -0.4 is 0 Å². The number of nitrogens with zero attached hydrogens (tertiary/aromatic N) is 3. The summed E-state index contributed by atoms with van der Waals surface area (Å²) in [6.07, 6.45) is 2.33. The lowest BCUT2D eigenvalue weighted by Crippen LogP contribution is -1.94. The van der Waals surface area contributed by atoms with E-state index in [2.05, 4.69) is 27.0 Å². The van der Waals surface area contributed by atoms with E-state index >= 15 is 0 Å². The maximum absolute atomic E-state index is 5.18. The molecule has 114 valence electrons. The highest BCUT2D eigenvalue weighted by Crippen LogP contribution is 2.16. The molecular weight excluding hydrogens is 290 g/mol. The summed E-state index contributed by atoms with van der Waals surface area (Å²) >= 11 is 0. The molecule has 0 aliphatic carbocycles. The number of hydrogen-bond donors (Lipinski definition) is 0. The lowest BCUT2D eigenvalue weighted by Gasteiger charge is -1.95. The quantitative estimate of drug-likeness (QED) is 0.694. The summed E-state index contributed by atoms with van der Waals surface area (Å²) in [7, 11) is 1.64. The Morgan fingerprint density at radius 2 is 1.96 bits per heavy atom. The molecule has 23 heavy (non-hydrogen) atoms. The van der Waals surface area contributed by atoms with Crippen LogP contribution in [0, 0.1) is 11.8 Å². The first-order valence-corrected chi connectivity index (χ1v) is 7.20. The van der Waals surface area contributed by atoms with E-state index in [1.165, 1.54) is 0 Å². The van der Waals surface area contributed by atoms with Gasteiger partial charge in [-0.25, -0.2) is 4.98 Å². The second-order valence-corrected chi connectivity index (χ2v) is 4.80. The van der Waals surface area contributed by atoms with Crippen molar-refractivity contribution in [3.63, 3.8) is 0 Å². The van der Waals surface area contributed by atoms with Crippen LogP contribution in [0.1, 0.15) is 17.1 Å². The van der Waals surface area contributed by atoms with Crippen molar-refractivity contribution in [1.29, 1.82) is 0 Å². The van der Waals surface area contributed by atoms with E-state index in [4.69, 9.17) is 9.26 Å². The summed E-state index contributed by atoms with van der Waals surface area (Å²) in [5.41, 5.74) is 2.54. The van der Waals surface area contributed by atoms with Crippen LogP contribution in [0.25, 0.3) is 11.4 Å². The van der Waals surface area contributed by atoms with E-state index in [1.807, 2.05) is 42.5 Å². The number of benzene rings is 1. The Morgan fingerprint density at radius 1 is 1.09 bits per heavy atom. The normalized spacial score (nSPS) is 10.1. The van der Waals surface area contributed by atoms with E-state index in [9.17, 15) is 0 Å². The van der Waals surface area contributed by atoms with Crippen LogP contribution in [0.3, 0.4) is 0 Å². The average molecular weight is 305 g/mol. The fourth-order valence-electron chi connectivity index (χ4n) is 1.94. The summed E-state index contributed by atoms with van der Waals surface area (Å²) in [5, 5.41) is 3.97. The third kappa shape index (κ3) is 4.02. The molecule has 1 aromatic carbocycles. The Hall–Kier alpha value is -2.97. The molecule has 0 atom stereocenters. The van der Waals surface area contributed by atoms with Gasteiger partial charge < -0.3 is 9.26 Å². The molecule has 0 N–H and O–H groups in total. The van der Waals surface area contributed by atoms with Crippen LogP contribution in [0.5, 0.6) is 0 Å². The fourth-order valence-corrected chi connectivity index (χ4v) is 1.94. The van der Waals surface area contributed by atoms with Gasteiger partial charge in [0.2, 0.25) is 11.7 Å². The number of methoxy groups -OCH3 is 1. The van der Waals surface area contributed by atoms with Crippen molar-refractivity contribution in [2.24, 2.45) is 0 Å². The standard InChI is InChI=1S/C18H15N3O2/c1-22-13-11-17-20-18(21-23-17)15-8-5-14(6-9-15)7-10-16-4-2-3-12-19-16/h2-6,8-9,12H,11,13H2,1H3. The number of aromatic nitrogens is 3. The zero-order chi connectivity index (χ0) is 15.9. The summed E-state index contributed by atoms with van der Waals surface area (Å²) in [6.45, 7) is 0.559. The number of pyridine rings is 1. The number of ether oxygens (including phenoxy) is 1. The highest BCUT2D eigenvalue weighted by Gasteiger charge is 2.07. The molecular formula is C18H15N3O2. The van der Waals surface area contributed by atoms with Gasteiger partial charge in [0.15, 0.2) is 0 Å². The summed E-state index contributed by atoms with van der Waals surface area (Å²) in [4.78, 5) is 8.51. The molecule has 0 spiro atoms. The van der Waals surface area contributed by atoms with Gasteiger partial charge in [0.1, 0.15) is 5.69 Å². The minimum atomic E-state index is 0.559. The minimum absolute atomic E-state index is 0.559. The summed E-state index contributed by atoms with van der Waals surface area (Å²) < 4.78 is 10.2. The minimum Gasteiger partial charge on any atom is -0.384 e. The van der Waals surface area contributed by atoms with Gasteiger partial charge in [-0.1, -0.05) is 17.1 Å². The summed E-state index contributed by atoms with van der Waals surface area (Å²) in [5.74, 6) is 7.24. The Morgan fingerprint density at radius 3 is 2.70 bits per heavy atom. The Kier molecular flexibility index (Phi) is 4.77. The van der Waals surface area contributed by atoms with Crippen molar-refractivity contribution in [2.45, 2.75) is 6.42 Å². The van der Waals surface area contributed by atoms with Gasteiger partial charge in [0, 0.05) is 24.4 Å². The van der Waals surface area contributed by atoms with E-state index in [0.717, 1.165) is 16.8 Å². The van der Waals surface area contributed by atoms with E-state index in [-0.39, 0.29) is 0 Å². The third-order valence-electron chi connectivity index (χ3n) is 3.13. The third-order valence-corrected chi connectivity index (χ3v) is 3.13. The van der Waals surface area contributed by atoms with Crippen molar-refractivity contribution in [2.75, 3.05) is 13.7 Å². The Bertz CT molecular complexity index is 815. The van der Waals surface area contributed by atoms with Crippen molar-refractivity contribution in [3.8, 4) is 23.2 Å². The zero-order valence-corrected chi connectivity index (χ0v) is 12.7. The van der Waals surface area contributed by atoms with Gasteiger partial charge >= 0.3 is 0 Å². The van der Waals surface area contributed by atoms with Crippen LogP contribution in [-0.2, 0) is 11.2 Å². The summed E-state index contributed by atoms with van der Waals surface area (Å²) in [6, 6.07) is 13.4. The van der Waals surface area contributed by atoms with Crippen LogP contribution in [-0.4, -0.2) is 28.8 Å². The molecule has 0 radical (unpaired) electrons. The molecule has 5 nitrogen and oxygen atoms in total. The molecule has 0 aliphatic heterocycles. The van der Waals surface area contributed by atoms with Crippen LogP contribution in [0.15, 0.2) is 53.2 Å². The number of rotatable bonds is 4. The lowest BCUT2D eigenvalue weighted by molar-refractivity contribution is 0.192. The van der Waals surface area contributed by atoms with E-state index < -0.39 is 0 Å². The topological polar surface area (TPSA) is 61.0 Å². The van der Waals surface area contributed by atoms with E-state index in [0.29, 0.717) is 24.7 Å². The molecule has 0 fully saturated rings. The second-order valence-electron chi connectivity index (χ2n) is 4.80. The van der Waals surface area contributed by atoms with Crippen molar-refractivity contribution < 1.29 is 9.26 Å². The predicted molar refractivity (Wildman–Crippen MR) is 85.5 cm³/mol.